The molecule has 150 valence electrons. The summed E-state index contributed by atoms with van der Waals surface area (Å²) in [5, 5.41) is 3.01. The lowest BCUT2D eigenvalue weighted by Gasteiger charge is -2.26. The van der Waals surface area contributed by atoms with Crippen molar-refractivity contribution in [3.63, 3.8) is 0 Å². The molecule has 0 aliphatic carbocycles. The van der Waals surface area contributed by atoms with Crippen LogP contribution in [0.25, 0.3) is 0 Å². The summed E-state index contributed by atoms with van der Waals surface area (Å²) >= 11 is 0. The molecule has 1 amide bonds. The van der Waals surface area contributed by atoms with Crippen molar-refractivity contribution >= 4 is 11.6 Å². The Hall–Kier alpha value is -2.60. The van der Waals surface area contributed by atoms with E-state index in [1.165, 1.54) is 47.6 Å². The van der Waals surface area contributed by atoms with Crippen molar-refractivity contribution in [2.75, 3.05) is 45.2 Å². The van der Waals surface area contributed by atoms with Crippen molar-refractivity contribution in [3.05, 3.63) is 59.9 Å². The van der Waals surface area contributed by atoms with Crippen molar-refractivity contribution in [1.29, 1.82) is 0 Å². The zero-order valence-electron chi connectivity index (χ0n) is 16.6. The monoisotopic (exact) mass is 386 g/mol. The minimum Gasteiger partial charge on any atom is -0.484 e. The first-order valence-corrected chi connectivity index (χ1v) is 9.80. The van der Waals surface area contributed by atoms with E-state index in [9.17, 15) is 9.18 Å². The molecule has 3 rings (SSSR count). The van der Waals surface area contributed by atoms with Crippen LogP contribution in [0.3, 0.4) is 0 Å². The molecule has 1 aliphatic rings. The van der Waals surface area contributed by atoms with Gasteiger partial charge in [-0.1, -0.05) is 12.1 Å². The highest BCUT2D eigenvalue weighted by atomic mass is 19.1. The maximum atomic E-state index is 12.9. The summed E-state index contributed by atoms with van der Waals surface area (Å²) in [6.07, 6.45) is 2.45. The Balaban J connectivity index is 1.58. The van der Waals surface area contributed by atoms with E-state index in [1.54, 1.807) is 0 Å². The van der Waals surface area contributed by atoms with Gasteiger partial charge in [0.2, 0.25) is 0 Å². The van der Waals surface area contributed by atoms with E-state index >= 15 is 0 Å². The van der Waals surface area contributed by atoms with Crippen LogP contribution in [0.4, 0.5) is 10.1 Å². The van der Waals surface area contributed by atoms with Crippen LogP contribution in [0.5, 0.6) is 5.75 Å². The standard InChI is InChI=1S/C22H28FN3O2/c1-25(2)19-9-5-17(6-10-19)21(26-13-3-4-14-26)15-24-22(27)16-28-20-11-7-18(23)8-12-20/h5-12,21H,3-4,13-16H2,1-2H3,(H,24,27)/p+1/t21-/m0/s1. The summed E-state index contributed by atoms with van der Waals surface area (Å²) in [6.45, 7) is 2.75. The first-order chi connectivity index (χ1) is 13.5. The number of benzene rings is 2. The van der Waals surface area contributed by atoms with Gasteiger partial charge in [-0.3, -0.25) is 4.79 Å². The number of anilines is 1. The minimum atomic E-state index is -0.325. The molecule has 0 bridgehead atoms. The second-order valence-corrected chi connectivity index (χ2v) is 7.45. The average molecular weight is 386 g/mol. The molecular weight excluding hydrogens is 357 g/mol. The Bertz CT molecular complexity index is 756. The third-order valence-electron chi connectivity index (χ3n) is 5.24. The molecule has 1 heterocycles. The summed E-state index contributed by atoms with van der Waals surface area (Å²) in [5.41, 5.74) is 2.40. The summed E-state index contributed by atoms with van der Waals surface area (Å²) in [5.74, 6) is -0.0103. The molecule has 2 N–H and O–H groups in total. The molecule has 0 spiro atoms. The molecule has 0 saturated carbocycles. The third-order valence-corrected chi connectivity index (χ3v) is 5.24. The van der Waals surface area contributed by atoms with Gasteiger partial charge in [0.25, 0.3) is 5.91 Å². The molecule has 28 heavy (non-hydrogen) atoms. The van der Waals surface area contributed by atoms with E-state index in [2.05, 4.69) is 34.5 Å². The zero-order valence-corrected chi connectivity index (χ0v) is 16.6. The first kappa shape index (κ1) is 20.1. The van der Waals surface area contributed by atoms with Crippen LogP contribution in [0.1, 0.15) is 24.4 Å². The van der Waals surface area contributed by atoms with Crippen LogP contribution >= 0.6 is 0 Å². The Kier molecular flexibility index (Phi) is 6.87. The number of ether oxygens (including phenoxy) is 1. The highest BCUT2D eigenvalue weighted by molar-refractivity contribution is 5.77. The number of hydrogen-bond acceptors (Lipinski definition) is 3. The van der Waals surface area contributed by atoms with Gasteiger partial charge in [-0.2, -0.15) is 0 Å². The molecule has 6 heteroatoms. The molecule has 0 aromatic heterocycles. The Labute approximate surface area is 166 Å². The van der Waals surface area contributed by atoms with Gasteiger partial charge < -0.3 is 19.9 Å². The lowest BCUT2D eigenvalue weighted by Crippen LogP contribution is -3.11. The summed E-state index contributed by atoms with van der Waals surface area (Å²) in [4.78, 5) is 15.8. The molecule has 2 aromatic rings. The second-order valence-electron chi connectivity index (χ2n) is 7.45. The summed E-state index contributed by atoms with van der Waals surface area (Å²) in [6, 6.07) is 14.5. The molecule has 5 nitrogen and oxygen atoms in total. The number of carbonyl (C=O) groups is 1. The van der Waals surface area contributed by atoms with E-state index in [4.69, 9.17) is 4.74 Å². The van der Waals surface area contributed by atoms with Crippen LogP contribution in [0.2, 0.25) is 0 Å². The lowest BCUT2D eigenvalue weighted by molar-refractivity contribution is -0.918. The molecule has 1 aliphatic heterocycles. The van der Waals surface area contributed by atoms with Crippen LogP contribution in [0, 0.1) is 5.82 Å². The molecule has 2 aromatic carbocycles. The van der Waals surface area contributed by atoms with Crippen molar-refractivity contribution in [2.45, 2.75) is 18.9 Å². The largest absolute Gasteiger partial charge is 0.484 e. The lowest BCUT2D eigenvalue weighted by atomic mass is 10.0. The number of halogens is 1. The van der Waals surface area contributed by atoms with Crippen molar-refractivity contribution in [1.82, 2.24) is 5.32 Å². The Morgan fingerprint density at radius 3 is 2.36 bits per heavy atom. The average Bonchev–Trinajstić information content (AvgIpc) is 3.22. The van der Waals surface area contributed by atoms with Crippen molar-refractivity contribution < 1.29 is 18.8 Å². The number of hydrogen-bond donors (Lipinski definition) is 2. The van der Waals surface area contributed by atoms with Gasteiger partial charge >= 0.3 is 0 Å². The van der Waals surface area contributed by atoms with Gasteiger partial charge in [-0.05, 0) is 36.4 Å². The Morgan fingerprint density at radius 1 is 1.11 bits per heavy atom. The fourth-order valence-electron chi connectivity index (χ4n) is 3.63. The maximum absolute atomic E-state index is 12.9. The van der Waals surface area contributed by atoms with Gasteiger partial charge in [0.1, 0.15) is 17.6 Å². The first-order valence-electron chi connectivity index (χ1n) is 9.80. The van der Waals surface area contributed by atoms with Crippen LogP contribution < -0.4 is 19.9 Å². The van der Waals surface area contributed by atoms with Crippen molar-refractivity contribution in [3.8, 4) is 5.75 Å². The SMILES string of the molecule is CN(C)c1ccc([C@H](CNC(=O)COc2ccc(F)cc2)[NH+]2CCCC2)cc1. The van der Waals surface area contributed by atoms with Gasteiger partial charge in [-0.15, -0.1) is 0 Å². The smallest absolute Gasteiger partial charge is 0.258 e. The van der Waals surface area contributed by atoms with Gasteiger partial charge in [0, 0.05) is 38.2 Å². The fourth-order valence-corrected chi connectivity index (χ4v) is 3.63. The minimum absolute atomic E-state index is 0.0761. The van der Waals surface area contributed by atoms with E-state index in [0.29, 0.717) is 12.3 Å². The number of amides is 1. The summed E-state index contributed by atoms with van der Waals surface area (Å²) < 4.78 is 18.4. The normalized spacial score (nSPS) is 15.2. The molecule has 1 atom stereocenters. The van der Waals surface area contributed by atoms with E-state index < -0.39 is 0 Å². The highest BCUT2D eigenvalue weighted by Crippen LogP contribution is 2.17. The molecule has 0 radical (unpaired) electrons. The number of quaternary nitrogens is 1. The van der Waals surface area contributed by atoms with Crippen molar-refractivity contribution in [2.24, 2.45) is 0 Å². The number of nitrogens with one attached hydrogen (secondary N) is 2. The topological polar surface area (TPSA) is 46.0 Å². The summed E-state index contributed by atoms with van der Waals surface area (Å²) in [7, 11) is 4.05. The predicted molar refractivity (Wildman–Crippen MR) is 108 cm³/mol. The number of likely N-dealkylation sites (tertiary alicyclic amines) is 1. The Morgan fingerprint density at radius 2 is 1.75 bits per heavy atom. The van der Waals surface area contributed by atoms with E-state index in [-0.39, 0.29) is 24.4 Å². The predicted octanol–water partition coefficient (Wildman–Crippen LogP) is 1.81. The maximum Gasteiger partial charge on any atom is 0.258 e. The molecule has 1 saturated heterocycles. The van der Waals surface area contributed by atoms with Crippen LogP contribution in [-0.4, -0.2) is 46.2 Å². The van der Waals surface area contributed by atoms with Gasteiger partial charge in [0.05, 0.1) is 19.6 Å². The zero-order chi connectivity index (χ0) is 19.9. The van der Waals surface area contributed by atoms with Crippen LogP contribution in [-0.2, 0) is 4.79 Å². The van der Waals surface area contributed by atoms with Gasteiger partial charge in [-0.25, -0.2) is 4.39 Å². The molecule has 1 fully saturated rings. The van der Waals surface area contributed by atoms with Crippen LogP contribution in [0.15, 0.2) is 48.5 Å². The molecule has 0 unspecified atom stereocenters. The third kappa shape index (κ3) is 5.45. The van der Waals surface area contributed by atoms with E-state index in [0.717, 1.165) is 18.8 Å². The quantitative estimate of drug-likeness (QED) is 0.727. The van der Waals surface area contributed by atoms with Gasteiger partial charge in [0.15, 0.2) is 6.61 Å². The highest BCUT2D eigenvalue weighted by Gasteiger charge is 2.27. The molecular formula is C22H29FN3O2+. The number of nitrogens with zero attached hydrogens (tertiary/aromatic N) is 1. The van der Waals surface area contributed by atoms with E-state index in [1.807, 2.05) is 14.1 Å². The fraction of sp³-hybridized carbons (Fsp3) is 0.409. The number of carbonyl (C=O) groups excluding carboxylic acids is 1. The second kappa shape index (κ2) is 9.55. The number of rotatable bonds is 8.